The van der Waals surface area contributed by atoms with Gasteiger partial charge in [0, 0.05) is 31.0 Å². The van der Waals surface area contributed by atoms with Crippen molar-refractivity contribution in [1.82, 2.24) is 9.78 Å². The lowest BCUT2D eigenvalue weighted by Crippen LogP contribution is -2.12. The second-order valence-corrected chi connectivity index (χ2v) is 4.37. The van der Waals surface area contributed by atoms with E-state index >= 15 is 0 Å². The van der Waals surface area contributed by atoms with Crippen molar-refractivity contribution in [2.75, 3.05) is 12.3 Å². The quantitative estimate of drug-likeness (QED) is 0.670. The highest BCUT2D eigenvalue weighted by molar-refractivity contribution is 5.95. The summed E-state index contributed by atoms with van der Waals surface area (Å²) in [5.41, 5.74) is 8.65. The Morgan fingerprint density at radius 2 is 2.21 bits per heavy atom. The Labute approximate surface area is 112 Å². The molecular formula is C14H17N3O2. The van der Waals surface area contributed by atoms with E-state index in [4.69, 9.17) is 10.5 Å². The summed E-state index contributed by atoms with van der Waals surface area (Å²) in [5.74, 6) is -0.386. The van der Waals surface area contributed by atoms with Crippen LogP contribution in [0.3, 0.4) is 0 Å². The van der Waals surface area contributed by atoms with Crippen LogP contribution in [0.25, 0.3) is 0 Å². The molecule has 0 unspecified atom stereocenters. The fraction of sp³-hybridized carbons (Fsp3) is 0.286. The third kappa shape index (κ3) is 2.93. The van der Waals surface area contributed by atoms with E-state index in [1.54, 1.807) is 23.0 Å². The maximum absolute atomic E-state index is 11.9. The van der Waals surface area contributed by atoms with Gasteiger partial charge in [0.2, 0.25) is 0 Å². The summed E-state index contributed by atoms with van der Waals surface area (Å²) in [7, 11) is 1.86. The molecule has 0 spiro atoms. The topological polar surface area (TPSA) is 70.1 Å². The first-order valence-electron chi connectivity index (χ1n) is 6.08. The molecule has 0 aliphatic carbocycles. The number of nitrogen functional groups attached to an aromatic ring is 1. The van der Waals surface area contributed by atoms with Gasteiger partial charge >= 0.3 is 5.97 Å². The number of nitrogens with zero attached hydrogens (tertiary/aromatic N) is 2. The molecule has 0 aliphatic heterocycles. The van der Waals surface area contributed by atoms with Crippen LogP contribution in [0, 0.1) is 6.92 Å². The molecule has 0 aliphatic rings. The van der Waals surface area contributed by atoms with Crippen LogP contribution in [-0.2, 0) is 18.2 Å². The number of hydrogen-bond acceptors (Lipinski definition) is 4. The number of anilines is 1. The van der Waals surface area contributed by atoms with Crippen molar-refractivity contribution >= 4 is 11.7 Å². The SMILES string of the molecule is Cc1cccc(C(=O)OCCc2ccnn2C)c1N. The monoisotopic (exact) mass is 259 g/mol. The number of esters is 1. The average molecular weight is 259 g/mol. The highest BCUT2D eigenvalue weighted by atomic mass is 16.5. The highest BCUT2D eigenvalue weighted by Gasteiger charge is 2.12. The number of para-hydroxylation sites is 1. The largest absolute Gasteiger partial charge is 0.462 e. The Hall–Kier alpha value is -2.30. The van der Waals surface area contributed by atoms with Crippen LogP contribution >= 0.6 is 0 Å². The first kappa shape index (κ1) is 13.1. The molecule has 1 aromatic heterocycles. The number of aromatic nitrogens is 2. The number of nitrogens with two attached hydrogens (primary N) is 1. The Morgan fingerprint density at radius 1 is 1.42 bits per heavy atom. The first-order chi connectivity index (χ1) is 9.09. The van der Waals surface area contributed by atoms with Gasteiger partial charge in [-0.05, 0) is 24.6 Å². The normalized spacial score (nSPS) is 10.4. The molecule has 2 rings (SSSR count). The maximum atomic E-state index is 11.9. The van der Waals surface area contributed by atoms with Gasteiger partial charge in [-0.3, -0.25) is 4.68 Å². The number of aryl methyl sites for hydroxylation is 2. The minimum absolute atomic E-state index is 0.311. The van der Waals surface area contributed by atoms with E-state index in [0.29, 0.717) is 24.3 Å². The lowest BCUT2D eigenvalue weighted by atomic mass is 10.1. The molecule has 0 radical (unpaired) electrons. The summed E-state index contributed by atoms with van der Waals surface area (Å²) in [6.45, 7) is 2.17. The predicted molar refractivity (Wildman–Crippen MR) is 72.8 cm³/mol. The zero-order valence-electron chi connectivity index (χ0n) is 11.1. The van der Waals surface area contributed by atoms with E-state index in [9.17, 15) is 4.79 Å². The summed E-state index contributed by atoms with van der Waals surface area (Å²) >= 11 is 0. The van der Waals surface area contributed by atoms with Crippen LogP contribution in [0.2, 0.25) is 0 Å². The van der Waals surface area contributed by atoms with Gasteiger partial charge in [-0.15, -0.1) is 0 Å². The molecule has 0 bridgehead atoms. The number of ether oxygens (including phenoxy) is 1. The number of carbonyl (C=O) groups is 1. The van der Waals surface area contributed by atoms with E-state index < -0.39 is 0 Å². The van der Waals surface area contributed by atoms with Gasteiger partial charge in [0.15, 0.2) is 0 Å². The summed E-state index contributed by atoms with van der Waals surface area (Å²) in [6, 6.07) is 7.23. The molecule has 19 heavy (non-hydrogen) atoms. The molecule has 100 valence electrons. The molecule has 0 atom stereocenters. The molecule has 1 aromatic carbocycles. The lowest BCUT2D eigenvalue weighted by Gasteiger charge is -2.08. The van der Waals surface area contributed by atoms with Crippen LogP contribution in [0.4, 0.5) is 5.69 Å². The van der Waals surface area contributed by atoms with Crippen molar-refractivity contribution in [2.24, 2.45) is 7.05 Å². The highest BCUT2D eigenvalue weighted by Crippen LogP contribution is 2.17. The van der Waals surface area contributed by atoms with Crippen LogP contribution in [0.5, 0.6) is 0 Å². The Bertz CT molecular complexity index is 590. The first-order valence-corrected chi connectivity index (χ1v) is 6.08. The Kier molecular flexibility index (Phi) is 3.85. The summed E-state index contributed by atoms with van der Waals surface area (Å²) < 4.78 is 6.99. The summed E-state index contributed by atoms with van der Waals surface area (Å²) in [5, 5.41) is 4.05. The van der Waals surface area contributed by atoms with Crippen molar-refractivity contribution < 1.29 is 9.53 Å². The minimum Gasteiger partial charge on any atom is -0.462 e. The number of benzene rings is 1. The van der Waals surface area contributed by atoms with Gasteiger partial charge in [0.25, 0.3) is 0 Å². The van der Waals surface area contributed by atoms with E-state index in [1.165, 1.54) is 0 Å². The molecule has 5 heteroatoms. The van der Waals surface area contributed by atoms with Crippen molar-refractivity contribution in [2.45, 2.75) is 13.3 Å². The van der Waals surface area contributed by atoms with Crippen LogP contribution in [-0.4, -0.2) is 22.4 Å². The third-order valence-corrected chi connectivity index (χ3v) is 3.06. The lowest BCUT2D eigenvalue weighted by molar-refractivity contribution is 0.0508. The fourth-order valence-corrected chi connectivity index (χ4v) is 1.83. The molecule has 0 fully saturated rings. The smallest absolute Gasteiger partial charge is 0.340 e. The van der Waals surface area contributed by atoms with E-state index in [-0.39, 0.29) is 5.97 Å². The molecule has 5 nitrogen and oxygen atoms in total. The molecule has 0 saturated carbocycles. The van der Waals surface area contributed by atoms with Crippen molar-refractivity contribution in [1.29, 1.82) is 0 Å². The van der Waals surface area contributed by atoms with E-state index in [1.807, 2.05) is 26.1 Å². The zero-order chi connectivity index (χ0) is 13.8. The van der Waals surface area contributed by atoms with Gasteiger partial charge in [-0.25, -0.2) is 4.79 Å². The number of rotatable bonds is 4. The molecule has 2 N–H and O–H groups in total. The molecule has 2 aromatic rings. The fourth-order valence-electron chi connectivity index (χ4n) is 1.83. The van der Waals surface area contributed by atoms with E-state index in [2.05, 4.69) is 5.10 Å². The number of carbonyl (C=O) groups excluding carboxylic acids is 1. The second kappa shape index (κ2) is 5.56. The molecule has 1 heterocycles. The second-order valence-electron chi connectivity index (χ2n) is 4.37. The Morgan fingerprint density at radius 3 is 2.89 bits per heavy atom. The van der Waals surface area contributed by atoms with Crippen LogP contribution < -0.4 is 5.73 Å². The van der Waals surface area contributed by atoms with E-state index in [0.717, 1.165) is 11.3 Å². The van der Waals surface area contributed by atoms with Crippen molar-refractivity contribution in [3.63, 3.8) is 0 Å². The minimum atomic E-state index is -0.386. The van der Waals surface area contributed by atoms with Crippen LogP contribution in [0.15, 0.2) is 30.5 Å². The standard InChI is InChI=1S/C14H17N3O2/c1-10-4-3-5-12(13(10)15)14(18)19-9-7-11-6-8-16-17(11)2/h3-6,8H,7,9,15H2,1-2H3. The average Bonchev–Trinajstić information content (AvgIpc) is 2.78. The Balaban J connectivity index is 1.95. The van der Waals surface area contributed by atoms with Crippen molar-refractivity contribution in [3.05, 3.63) is 47.3 Å². The van der Waals surface area contributed by atoms with Gasteiger partial charge in [-0.2, -0.15) is 5.10 Å². The van der Waals surface area contributed by atoms with Gasteiger partial charge < -0.3 is 10.5 Å². The molecular weight excluding hydrogens is 242 g/mol. The zero-order valence-corrected chi connectivity index (χ0v) is 11.1. The third-order valence-electron chi connectivity index (χ3n) is 3.06. The number of hydrogen-bond donors (Lipinski definition) is 1. The molecule has 0 saturated heterocycles. The van der Waals surface area contributed by atoms with Gasteiger partial charge in [-0.1, -0.05) is 12.1 Å². The van der Waals surface area contributed by atoms with Gasteiger partial charge in [0.05, 0.1) is 12.2 Å². The maximum Gasteiger partial charge on any atom is 0.340 e. The summed E-state index contributed by atoms with van der Waals surface area (Å²) in [6.07, 6.45) is 2.35. The van der Waals surface area contributed by atoms with Crippen molar-refractivity contribution in [3.8, 4) is 0 Å². The van der Waals surface area contributed by atoms with Gasteiger partial charge in [0.1, 0.15) is 0 Å². The molecule has 0 amide bonds. The van der Waals surface area contributed by atoms with Crippen LogP contribution in [0.1, 0.15) is 21.6 Å². The summed E-state index contributed by atoms with van der Waals surface area (Å²) in [4.78, 5) is 11.9. The predicted octanol–water partition coefficient (Wildman–Crippen LogP) is 1.71.